The number of benzene rings is 1. The Bertz CT molecular complexity index is 641. The van der Waals surface area contributed by atoms with Gasteiger partial charge in [0.05, 0.1) is 7.11 Å². The number of rotatable bonds is 8. The molecular weight excluding hydrogens is 324 g/mol. The molecule has 1 atom stereocenters. The second-order valence-electron chi connectivity index (χ2n) is 7.01. The van der Waals surface area contributed by atoms with E-state index in [2.05, 4.69) is 38.4 Å². The zero-order chi connectivity index (χ0) is 18.0. The van der Waals surface area contributed by atoms with E-state index in [-0.39, 0.29) is 0 Å². The van der Waals surface area contributed by atoms with Gasteiger partial charge in [0.1, 0.15) is 12.1 Å². The summed E-state index contributed by atoms with van der Waals surface area (Å²) in [4.78, 5) is 11.0. The first-order chi connectivity index (χ1) is 12.8. The molecular formula is C21H30N4O. The quantitative estimate of drug-likeness (QED) is 0.789. The molecule has 0 saturated carbocycles. The minimum atomic E-state index is 0.635. The number of ether oxygens (including phenoxy) is 1. The van der Waals surface area contributed by atoms with Gasteiger partial charge in [-0.2, -0.15) is 0 Å². The Morgan fingerprint density at radius 3 is 2.88 bits per heavy atom. The molecule has 1 aromatic carbocycles. The fourth-order valence-corrected chi connectivity index (χ4v) is 3.72. The summed E-state index contributed by atoms with van der Waals surface area (Å²) in [5.74, 6) is 0.940. The minimum absolute atomic E-state index is 0.635. The van der Waals surface area contributed by atoms with E-state index < -0.39 is 0 Å². The van der Waals surface area contributed by atoms with Crippen molar-refractivity contribution in [1.29, 1.82) is 0 Å². The molecule has 1 aromatic heterocycles. The van der Waals surface area contributed by atoms with Gasteiger partial charge in [-0.25, -0.2) is 9.97 Å². The van der Waals surface area contributed by atoms with Crippen molar-refractivity contribution >= 4 is 0 Å². The number of nitrogens with zero attached hydrogens (tertiary/aromatic N) is 3. The Morgan fingerprint density at radius 1 is 1.15 bits per heavy atom. The maximum absolute atomic E-state index is 5.34. The summed E-state index contributed by atoms with van der Waals surface area (Å²) in [6, 6.07) is 9.04. The van der Waals surface area contributed by atoms with Crippen LogP contribution in [0.15, 0.2) is 43.0 Å². The first kappa shape index (κ1) is 18.8. The Labute approximate surface area is 156 Å². The molecule has 0 aliphatic carbocycles. The summed E-state index contributed by atoms with van der Waals surface area (Å²) in [7, 11) is 1.73. The maximum atomic E-state index is 5.34. The highest BCUT2D eigenvalue weighted by Gasteiger charge is 2.20. The number of aromatic nitrogens is 2. The molecule has 1 saturated heterocycles. The zero-order valence-corrected chi connectivity index (χ0v) is 15.7. The maximum Gasteiger partial charge on any atom is 0.119 e. The molecule has 1 unspecified atom stereocenters. The molecule has 1 N–H and O–H groups in total. The first-order valence-corrected chi connectivity index (χ1v) is 9.67. The summed E-state index contributed by atoms with van der Waals surface area (Å²) in [5, 5.41) is 3.53. The lowest BCUT2D eigenvalue weighted by Crippen LogP contribution is -2.36. The van der Waals surface area contributed by atoms with Gasteiger partial charge in [0, 0.05) is 30.5 Å². The smallest absolute Gasteiger partial charge is 0.119 e. The van der Waals surface area contributed by atoms with Crippen LogP contribution in [0.2, 0.25) is 0 Å². The van der Waals surface area contributed by atoms with Crippen molar-refractivity contribution in [3.8, 4) is 5.75 Å². The lowest BCUT2D eigenvalue weighted by Gasteiger charge is -2.31. The lowest BCUT2D eigenvalue weighted by atomic mass is 10.0. The van der Waals surface area contributed by atoms with Gasteiger partial charge in [-0.1, -0.05) is 12.1 Å². The fourth-order valence-electron chi connectivity index (χ4n) is 3.72. The predicted molar refractivity (Wildman–Crippen MR) is 104 cm³/mol. The van der Waals surface area contributed by atoms with Crippen LogP contribution >= 0.6 is 0 Å². The van der Waals surface area contributed by atoms with Gasteiger partial charge in [0.2, 0.25) is 0 Å². The Kier molecular flexibility index (Phi) is 7.40. The van der Waals surface area contributed by atoms with Crippen LogP contribution in [0.25, 0.3) is 0 Å². The van der Waals surface area contributed by atoms with E-state index in [1.165, 1.54) is 30.4 Å². The van der Waals surface area contributed by atoms with E-state index >= 15 is 0 Å². The van der Waals surface area contributed by atoms with Crippen LogP contribution in [0.5, 0.6) is 5.75 Å². The van der Waals surface area contributed by atoms with Crippen LogP contribution in [-0.2, 0) is 13.0 Å². The van der Waals surface area contributed by atoms with Gasteiger partial charge in [-0.05, 0) is 69.4 Å². The third kappa shape index (κ3) is 5.78. The highest BCUT2D eigenvalue weighted by atomic mass is 16.5. The first-order valence-electron chi connectivity index (χ1n) is 9.67. The van der Waals surface area contributed by atoms with Gasteiger partial charge >= 0.3 is 0 Å². The minimum Gasteiger partial charge on any atom is -0.497 e. The zero-order valence-electron chi connectivity index (χ0n) is 15.7. The molecule has 2 heterocycles. The third-order valence-corrected chi connectivity index (χ3v) is 5.11. The standard InChI is InChI=1S/C21H30N4O/c1-26-21-8-2-5-18(13-21)6-4-12-25(16-19-14-23-17-24-15-19)20-7-3-10-22-11-9-20/h2,5,8,13-15,17,20,22H,3-4,6-7,9-12,16H2,1H3. The van der Waals surface area contributed by atoms with Crippen molar-refractivity contribution in [1.82, 2.24) is 20.2 Å². The van der Waals surface area contributed by atoms with Crippen LogP contribution in [0.4, 0.5) is 0 Å². The molecule has 26 heavy (non-hydrogen) atoms. The molecule has 3 rings (SSSR count). The van der Waals surface area contributed by atoms with Crippen molar-refractivity contribution in [2.75, 3.05) is 26.7 Å². The van der Waals surface area contributed by atoms with Gasteiger partial charge in [0.15, 0.2) is 0 Å². The Morgan fingerprint density at radius 2 is 2.04 bits per heavy atom. The third-order valence-electron chi connectivity index (χ3n) is 5.11. The van der Waals surface area contributed by atoms with Crippen LogP contribution in [0.1, 0.15) is 36.8 Å². The van der Waals surface area contributed by atoms with Crippen molar-refractivity contribution in [3.05, 3.63) is 54.1 Å². The van der Waals surface area contributed by atoms with Crippen LogP contribution in [0, 0.1) is 0 Å². The molecule has 0 radical (unpaired) electrons. The normalized spacial score (nSPS) is 17.8. The van der Waals surface area contributed by atoms with E-state index in [4.69, 9.17) is 4.74 Å². The summed E-state index contributed by atoms with van der Waals surface area (Å²) in [6.07, 6.45) is 11.4. The number of methoxy groups -OCH3 is 1. The van der Waals surface area contributed by atoms with Crippen molar-refractivity contribution in [2.24, 2.45) is 0 Å². The molecule has 2 aromatic rings. The van der Waals surface area contributed by atoms with Crippen LogP contribution in [-0.4, -0.2) is 47.7 Å². The summed E-state index contributed by atoms with van der Waals surface area (Å²) >= 11 is 0. The SMILES string of the molecule is COc1cccc(CCCN(Cc2cncnc2)C2CCCNCC2)c1. The molecule has 5 heteroatoms. The summed E-state index contributed by atoms with van der Waals surface area (Å²) in [6.45, 7) is 4.28. The molecule has 0 spiro atoms. The molecule has 1 aliphatic heterocycles. The van der Waals surface area contributed by atoms with E-state index in [0.29, 0.717) is 6.04 Å². The second kappa shape index (κ2) is 10.2. The Balaban J connectivity index is 1.60. The van der Waals surface area contributed by atoms with Crippen LogP contribution < -0.4 is 10.1 Å². The largest absolute Gasteiger partial charge is 0.497 e. The molecule has 5 nitrogen and oxygen atoms in total. The average Bonchev–Trinajstić information content (AvgIpc) is 2.98. The van der Waals surface area contributed by atoms with Gasteiger partial charge in [-0.3, -0.25) is 4.90 Å². The summed E-state index contributed by atoms with van der Waals surface area (Å²) < 4.78 is 5.34. The molecule has 0 bridgehead atoms. The number of hydrogen-bond donors (Lipinski definition) is 1. The summed E-state index contributed by atoms with van der Waals surface area (Å²) in [5.41, 5.74) is 2.54. The van der Waals surface area contributed by atoms with Gasteiger partial charge in [-0.15, -0.1) is 0 Å². The molecule has 1 aliphatic rings. The average molecular weight is 354 g/mol. The lowest BCUT2D eigenvalue weighted by molar-refractivity contribution is 0.170. The van der Waals surface area contributed by atoms with Crippen molar-refractivity contribution in [3.63, 3.8) is 0 Å². The highest BCUT2D eigenvalue weighted by Crippen LogP contribution is 2.19. The van der Waals surface area contributed by atoms with Gasteiger partial charge < -0.3 is 10.1 Å². The molecule has 140 valence electrons. The predicted octanol–water partition coefficient (Wildman–Crippen LogP) is 3.06. The Hall–Kier alpha value is -1.98. The van der Waals surface area contributed by atoms with E-state index in [9.17, 15) is 0 Å². The fraction of sp³-hybridized carbons (Fsp3) is 0.524. The van der Waals surface area contributed by atoms with E-state index in [1.54, 1.807) is 13.4 Å². The number of hydrogen-bond acceptors (Lipinski definition) is 5. The van der Waals surface area contributed by atoms with Crippen molar-refractivity contribution in [2.45, 2.75) is 44.7 Å². The highest BCUT2D eigenvalue weighted by molar-refractivity contribution is 5.28. The van der Waals surface area contributed by atoms with Crippen LogP contribution in [0.3, 0.4) is 0 Å². The molecule has 0 amide bonds. The van der Waals surface area contributed by atoms with E-state index in [1.807, 2.05) is 18.5 Å². The van der Waals surface area contributed by atoms with Crippen molar-refractivity contribution < 1.29 is 4.74 Å². The van der Waals surface area contributed by atoms with Gasteiger partial charge in [0.25, 0.3) is 0 Å². The topological polar surface area (TPSA) is 50.3 Å². The number of aryl methyl sites for hydroxylation is 1. The number of nitrogens with one attached hydrogen (secondary N) is 1. The second-order valence-corrected chi connectivity index (χ2v) is 7.01. The molecule has 1 fully saturated rings. The van der Waals surface area contributed by atoms with E-state index in [0.717, 1.165) is 44.8 Å². The monoisotopic (exact) mass is 354 g/mol.